The molecule has 3 rings (SSSR count). The molecule has 1 N–H and O–H groups in total. The van der Waals surface area contributed by atoms with Gasteiger partial charge in [-0.1, -0.05) is 35.9 Å². The second kappa shape index (κ2) is 7.44. The van der Waals surface area contributed by atoms with Gasteiger partial charge in [0.1, 0.15) is 11.5 Å². The molecule has 7 heteroatoms. The first kappa shape index (κ1) is 17.1. The minimum absolute atomic E-state index is 0.113. The Morgan fingerprint density at radius 1 is 1.24 bits per heavy atom. The van der Waals surface area contributed by atoms with Gasteiger partial charge in [-0.2, -0.15) is 0 Å². The lowest BCUT2D eigenvalue weighted by molar-refractivity contribution is -0.128. The Hall–Kier alpha value is -2.73. The number of likely N-dealkylation sites (N-methyl/N-ethyl adjacent to an activating group) is 1. The molecular formula is C18H17ClN2O4. The lowest BCUT2D eigenvalue weighted by atomic mass is 10.1. The van der Waals surface area contributed by atoms with Gasteiger partial charge < -0.3 is 19.7 Å². The number of anilines is 1. The van der Waals surface area contributed by atoms with E-state index in [-0.39, 0.29) is 25.0 Å². The fourth-order valence-electron chi connectivity index (χ4n) is 2.55. The van der Waals surface area contributed by atoms with Crippen molar-refractivity contribution in [1.82, 2.24) is 5.32 Å². The average Bonchev–Trinajstić information content (AvgIpc) is 2.65. The molecule has 2 aromatic carbocycles. The molecule has 0 bridgehead atoms. The predicted octanol–water partition coefficient (Wildman–Crippen LogP) is 2.26. The number of hydrogen-bond acceptors (Lipinski definition) is 4. The van der Waals surface area contributed by atoms with Crippen LogP contribution in [0.3, 0.4) is 0 Å². The Bertz CT molecular complexity index is 796. The topological polar surface area (TPSA) is 67.9 Å². The van der Waals surface area contributed by atoms with Gasteiger partial charge in [0.15, 0.2) is 12.7 Å². The van der Waals surface area contributed by atoms with E-state index in [0.717, 1.165) is 0 Å². The number of fused-ring (bicyclic) bond motifs is 1. The van der Waals surface area contributed by atoms with Crippen LogP contribution in [0.5, 0.6) is 11.5 Å². The van der Waals surface area contributed by atoms with Crippen LogP contribution in [0.1, 0.15) is 0 Å². The molecule has 1 atom stereocenters. The highest BCUT2D eigenvalue weighted by Gasteiger charge is 2.33. The number of ether oxygens (including phenoxy) is 2. The molecule has 0 aliphatic carbocycles. The molecule has 130 valence electrons. The highest BCUT2D eigenvalue weighted by atomic mass is 35.5. The number of para-hydroxylation sites is 3. The minimum atomic E-state index is -0.774. The molecule has 2 aromatic rings. The molecule has 2 amide bonds. The van der Waals surface area contributed by atoms with Crippen LogP contribution < -0.4 is 19.7 Å². The smallest absolute Gasteiger partial charge is 0.265 e. The maximum Gasteiger partial charge on any atom is 0.265 e. The van der Waals surface area contributed by atoms with Crippen molar-refractivity contribution in [3.63, 3.8) is 0 Å². The van der Waals surface area contributed by atoms with Crippen LogP contribution in [0.2, 0.25) is 5.02 Å². The Morgan fingerprint density at radius 3 is 2.72 bits per heavy atom. The number of halogens is 1. The van der Waals surface area contributed by atoms with Crippen molar-refractivity contribution >= 4 is 29.1 Å². The number of rotatable bonds is 4. The van der Waals surface area contributed by atoms with E-state index in [2.05, 4.69) is 5.32 Å². The fraction of sp³-hybridized carbons (Fsp3) is 0.222. The predicted molar refractivity (Wildman–Crippen MR) is 94.2 cm³/mol. The van der Waals surface area contributed by atoms with Gasteiger partial charge >= 0.3 is 0 Å². The molecule has 0 unspecified atom stereocenters. The summed E-state index contributed by atoms with van der Waals surface area (Å²) >= 11 is 6.04. The number of nitrogens with zero attached hydrogens (tertiary/aromatic N) is 1. The number of hydrogen-bond donors (Lipinski definition) is 1. The highest BCUT2D eigenvalue weighted by molar-refractivity contribution is 6.32. The lowest BCUT2D eigenvalue weighted by Crippen LogP contribution is -2.51. The zero-order valence-corrected chi connectivity index (χ0v) is 14.3. The Balaban J connectivity index is 1.78. The minimum Gasteiger partial charge on any atom is -0.482 e. The van der Waals surface area contributed by atoms with E-state index >= 15 is 0 Å². The van der Waals surface area contributed by atoms with Crippen LogP contribution in [-0.2, 0) is 9.59 Å². The van der Waals surface area contributed by atoms with E-state index in [4.69, 9.17) is 21.1 Å². The van der Waals surface area contributed by atoms with Gasteiger partial charge in [0, 0.05) is 7.05 Å². The summed E-state index contributed by atoms with van der Waals surface area (Å²) in [6.45, 7) is -0.0834. The normalized spacial score (nSPS) is 15.8. The van der Waals surface area contributed by atoms with Gasteiger partial charge in [-0.05, 0) is 24.3 Å². The highest BCUT2D eigenvalue weighted by Crippen LogP contribution is 2.33. The third-order valence-electron chi connectivity index (χ3n) is 3.80. The van der Waals surface area contributed by atoms with Crippen LogP contribution in [0, 0.1) is 0 Å². The van der Waals surface area contributed by atoms with Crippen molar-refractivity contribution in [2.24, 2.45) is 0 Å². The van der Waals surface area contributed by atoms with Crippen LogP contribution in [0.25, 0.3) is 0 Å². The Morgan fingerprint density at radius 2 is 1.96 bits per heavy atom. The molecule has 0 saturated carbocycles. The summed E-state index contributed by atoms with van der Waals surface area (Å²) in [5.41, 5.74) is 0.607. The van der Waals surface area contributed by atoms with Crippen LogP contribution >= 0.6 is 11.6 Å². The SMILES string of the molecule is CNC(=O)[C@H]1CN(C(=O)COc2ccccc2Cl)c2ccccc2O1. The Kier molecular flexibility index (Phi) is 5.09. The molecule has 1 aliphatic rings. The largest absolute Gasteiger partial charge is 0.482 e. The molecule has 0 fully saturated rings. The van der Waals surface area contributed by atoms with Crippen LogP contribution in [0.4, 0.5) is 5.69 Å². The first-order valence-corrected chi connectivity index (χ1v) is 8.13. The van der Waals surface area contributed by atoms with E-state index in [1.54, 1.807) is 48.5 Å². The van der Waals surface area contributed by atoms with Crippen molar-refractivity contribution in [2.75, 3.05) is 25.1 Å². The monoisotopic (exact) mass is 360 g/mol. The van der Waals surface area contributed by atoms with E-state index in [9.17, 15) is 9.59 Å². The fourth-order valence-corrected chi connectivity index (χ4v) is 2.74. The summed E-state index contributed by atoms with van der Waals surface area (Å²) < 4.78 is 11.2. The van der Waals surface area contributed by atoms with Crippen LogP contribution in [-0.4, -0.2) is 38.1 Å². The molecule has 0 spiro atoms. The van der Waals surface area contributed by atoms with Gasteiger partial charge in [-0.3, -0.25) is 9.59 Å². The molecule has 1 aliphatic heterocycles. The molecule has 0 aromatic heterocycles. The summed E-state index contributed by atoms with van der Waals surface area (Å²) in [4.78, 5) is 26.1. The zero-order valence-electron chi connectivity index (χ0n) is 13.6. The maximum absolute atomic E-state index is 12.7. The van der Waals surface area contributed by atoms with Crippen LogP contribution in [0.15, 0.2) is 48.5 Å². The summed E-state index contributed by atoms with van der Waals surface area (Å²) in [7, 11) is 1.53. The number of nitrogens with one attached hydrogen (secondary N) is 1. The van der Waals surface area contributed by atoms with Crippen molar-refractivity contribution < 1.29 is 19.1 Å². The van der Waals surface area contributed by atoms with E-state index in [0.29, 0.717) is 22.2 Å². The number of amides is 2. The van der Waals surface area contributed by atoms with Crippen molar-refractivity contribution in [2.45, 2.75) is 6.10 Å². The second-order valence-electron chi connectivity index (χ2n) is 5.41. The molecular weight excluding hydrogens is 344 g/mol. The summed E-state index contributed by atoms with van der Waals surface area (Å²) in [6, 6.07) is 14.0. The quantitative estimate of drug-likeness (QED) is 0.908. The molecule has 6 nitrogen and oxygen atoms in total. The zero-order chi connectivity index (χ0) is 17.8. The molecule has 25 heavy (non-hydrogen) atoms. The first-order valence-electron chi connectivity index (χ1n) is 7.75. The van der Waals surface area contributed by atoms with Crippen molar-refractivity contribution in [3.05, 3.63) is 53.6 Å². The summed E-state index contributed by atoms with van der Waals surface area (Å²) in [5, 5.41) is 2.97. The van der Waals surface area contributed by atoms with Gasteiger partial charge in [-0.25, -0.2) is 0 Å². The summed E-state index contributed by atoms with van der Waals surface area (Å²) in [5.74, 6) is 0.333. The third kappa shape index (κ3) is 3.69. The molecule has 0 saturated heterocycles. The van der Waals surface area contributed by atoms with E-state index < -0.39 is 6.10 Å². The van der Waals surface area contributed by atoms with Gasteiger partial charge in [0.2, 0.25) is 0 Å². The van der Waals surface area contributed by atoms with Crippen molar-refractivity contribution in [3.8, 4) is 11.5 Å². The van der Waals surface area contributed by atoms with Gasteiger partial charge in [-0.15, -0.1) is 0 Å². The standard InChI is InChI=1S/C18H17ClN2O4/c1-20-18(23)16-10-21(13-7-3-5-9-15(13)25-16)17(22)11-24-14-8-4-2-6-12(14)19/h2-9,16H,10-11H2,1H3,(H,20,23)/t16-/m1/s1. The van der Waals surface area contributed by atoms with Crippen molar-refractivity contribution in [1.29, 1.82) is 0 Å². The summed E-state index contributed by atoms with van der Waals surface area (Å²) in [6.07, 6.45) is -0.774. The van der Waals surface area contributed by atoms with E-state index in [1.165, 1.54) is 11.9 Å². The number of carbonyl (C=O) groups excluding carboxylic acids is 2. The second-order valence-corrected chi connectivity index (χ2v) is 5.82. The van der Waals surface area contributed by atoms with Gasteiger partial charge in [0.05, 0.1) is 17.3 Å². The third-order valence-corrected chi connectivity index (χ3v) is 4.11. The first-order chi connectivity index (χ1) is 12.1. The maximum atomic E-state index is 12.7. The van der Waals surface area contributed by atoms with Gasteiger partial charge in [0.25, 0.3) is 11.8 Å². The average molecular weight is 361 g/mol. The lowest BCUT2D eigenvalue weighted by Gasteiger charge is -2.33. The molecule has 1 heterocycles. The number of carbonyl (C=O) groups is 2. The van der Waals surface area contributed by atoms with E-state index in [1.807, 2.05) is 0 Å². The number of benzene rings is 2. The molecule has 0 radical (unpaired) electrons. The Labute approximate surface area is 150 Å².